The quantitative estimate of drug-likeness (QED) is 0.713. The lowest BCUT2D eigenvalue weighted by atomic mass is 9.75. The second-order valence-electron chi connectivity index (χ2n) is 8.43. The maximum atomic E-state index is 9.66. The largest absolute Gasteiger partial charge is 0.494 e. The van der Waals surface area contributed by atoms with E-state index < -0.39 is 5.41 Å². The summed E-state index contributed by atoms with van der Waals surface area (Å²) in [5, 5.41) is 9.66. The topological polar surface area (TPSA) is 45.5 Å². The molecule has 142 valence electrons. The van der Waals surface area contributed by atoms with Crippen molar-refractivity contribution in [2.45, 2.75) is 69.9 Å². The first-order valence-electron chi connectivity index (χ1n) is 9.96. The van der Waals surface area contributed by atoms with Crippen LogP contribution in [0.2, 0.25) is 0 Å². The van der Waals surface area contributed by atoms with E-state index in [0.717, 1.165) is 43.7 Å². The average molecular weight is 357 g/mol. The van der Waals surface area contributed by atoms with E-state index in [4.69, 9.17) is 9.47 Å². The van der Waals surface area contributed by atoms with Gasteiger partial charge in [0.1, 0.15) is 5.75 Å². The molecular formula is C22H32N2O2. The van der Waals surface area contributed by atoms with Crippen LogP contribution in [0.25, 0.3) is 0 Å². The summed E-state index contributed by atoms with van der Waals surface area (Å²) >= 11 is 0. The first kappa shape index (κ1) is 19.2. The monoisotopic (exact) mass is 356 g/mol. The Morgan fingerprint density at radius 2 is 1.88 bits per heavy atom. The van der Waals surface area contributed by atoms with E-state index in [1.54, 1.807) is 0 Å². The van der Waals surface area contributed by atoms with Crippen LogP contribution in [-0.4, -0.2) is 42.8 Å². The molecular weight excluding hydrogens is 324 g/mol. The Kier molecular flexibility index (Phi) is 5.89. The number of nitrogens with zero attached hydrogens (tertiary/aromatic N) is 2. The van der Waals surface area contributed by atoms with Gasteiger partial charge in [0.15, 0.2) is 0 Å². The van der Waals surface area contributed by atoms with Crippen LogP contribution in [-0.2, 0) is 10.2 Å². The van der Waals surface area contributed by atoms with Crippen molar-refractivity contribution in [3.8, 4) is 11.8 Å². The van der Waals surface area contributed by atoms with E-state index in [1.165, 1.54) is 12.8 Å². The molecule has 0 saturated carbocycles. The van der Waals surface area contributed by atoms with Gasteiger partial charge in [-0.2, -0.15) is 5.26 Å². The van der Waals surface area contributed by atoms with E-state index >= 15 is 0 Å². The highest BCUT2D eigenvalue weighted by Gasteiger charge is 2.36. The molecule has 4 nitrogen and oxygen atoms in total. The molecule has 1 aromatic carbocycles. The Bertz CT molecular complexity index is 627. The first-order valence-corrected chi connectivity index (χ1v) is 9.96. The Labute approximate surface area is 158 Å². The van der Waals surface area contributed by atoms with Gasteiger partial charge < -0.3 is 9.47 Å². The first-order chi connectivity index (χ1) is 12.5. The van der Waals surface area contributed by atoms with E-state index in [1.807, 2.05) is 12.1 Å². The highest BCUT2D eigenvalue weighted by molar-refractivity contribution is 5.37. The molecule has 2 aliphatic heterocycles. The lowest BCUT2D eigenvalue weighted by Gasteiger charge is -2.34. The van der Waals surface area contributed by atoms with Gasteiger partial charge in [-0.25, -0.2) is 0 Å². The molecule has 1 aromatic rings. The van der Waals surface area contributed by atoms with E-state index in [9.17, 15) is 5.26 Å². The molecule has 2 fully saturated rings. The Hall–Kier alpha value is -1.57. The second-order valence-corrected chi connectivity index (χ2v) is 8.43. The summed E-state index contributed by atoms with van der Waals surface area (Å²) in [5.74, 6) is 0.891. The molecule has 2 aliphatic rings. The molecule has 3 rings (SSSR count). The highest BCUT2D eigenvalue weighted by Crippen LogP contribution is 2.35. The normalized spacial score (nSPS) is 24.9. The smallest absolute Gasteiger partial charge is 0.119 e. The maximum absolute atomic E-state index is 9.66. The maximum Gasteiger partial charge on any atom is 0.119 e. The van der Waals surface area contributed by atoms with Crippen molar-refractivity contribution in [3.05, 3.63) is 29.8 Å². The SMILES string of the molecule is C[C@@H]1CCC(C)(C)N1CCCOc1ccc(C2(C#N)CCOCC2)cc1. The Morgan fingerprint density at radius 3 is 2.46 bits per heavy atom. The Morgan fingerprint density at radius 1 is 1.19 bits per heavy atom. The van der Waals surface area contributed by atoms with Crippen molar-refractivity contribution in [1.29, 1.82) is 5.26 Å². The van der Waals surface area contributed by atoms with Gasteiger partial charge in [0, 0.05) is 31.3 Å². The van der Waals surface area contributed by atoms with Gasteiger partial charge in [-0.15, -0.1) is 0 Å². The highest BCUT2D eigenvalue weighted by atomic mass is 16.5. The van der Waals surface area contributed by atoms with Crippen LogP contribution in [0.3, 0.4) is 0 Å². The molecule has 0 aromatic heterocycles. The van der Waals surface area contributed by atoms with Crippen LogP contribution in [0.5, 0.6) is 5.75 Å². The van der Waals surface area contributed by atoms with E-state index in [2.05, 4.69) is 43.9 Å². The molecule has 4 heteroatoms. The third kappa shape index (κ3) is 4.05. The van der Waals surface area contributed by atoms with Crippen molar-refractivity contribution in [2.24, 2.45) is 0 Å². The van der Waals surface area contributed by atoms with Crippen LogP contribution >= 0.6 is 0 Å². The molecule has 2 heterocycles. The van der Waals surface area contributed by atoms with Crippen molar-refractivity contribution in [3.63, 3.8) is 0 Å². The molecule has 2 saturated heterocycles. The minimum Gasteiger partial charge on any atom is -0.494 e. The third-order valence-electron chi connectivity index (χ3n) is 6.26. The number of rotatable bonds is 6. The number of nitriles is 1. The van der Waals surface area contributed by atoms with Crippen molar-refractivity contribution >= 4 is 0 Å². The van der Waals surface area contributed by atoms with Gasteiger partial charge in [0.2, 0.25) is 0 Å². The molecule has 26 heavy (non-hydrogen) atoms. The van der Waals surface area contributed by atoms with Crippen LogP contribution in [0, 0.1) is 11.3 Å². The standard InChI is InChI=1S/C22H32N2O2/c1-18-9-10-21(2,3)24(18)13-4-14-26-20-7-5-19(6-8-20)22(17-23)11-15-25-16-12-22/h5-8,18H,4,9-16H2,1-3H3/t18-/m1/s1. The van der Waals surface area contributed by atoms with Gasteiger partial charge in [-0.3, -0.25) is 4.90 Å². The number of benzene rings is 1. The summed E-state index contributed by atoms with van der Waals surface area (Å²) in [4.78, 5) is 2.61. The fourth-order valence-corrected chi connectivity index (χ4v) is 4.46. The number of hydrogen-bond acceptors (Lipinski definition) is 4. The number of ether oxygens (including phenoxy) is 2. The van der Waals surface area contributed by atoms with E-state index in [0.29, 0.717) is 24.8 Å². The molecule has 0 aliphatic carbocycles. The molecule has 0 bridgehead atoms. The van der Waals surface area contributed by atoms with Crippen LogP contribution < -0.4 is 4.74 Å². The third-order valence-corrected chi connectivity index (χ3v) is 6.26. The number of hydrogen-bond donors (Lipinski definition) is 0. The zero-order valence-corrected chi connectivity index (χ0v) is 16.5. The second kappa shape index (κ2) is 7.98. The van der Waals surface area contributed by atoms with Gasteiger partial charge in [0.05, 0.1) is 18.1 Å². The summed E-state index contributed by atoms with van der Waals surface area (Å²) in [7, 11) is 0. The van der Waals surface area contributed by atoms with Crippen molar-refractivity contribution in [2.75, 3.05) is 26.4 Å². The van der Waals surface area contributed by atoms with Crippen molar-refractivity contribution < 1.29 is 9.47 Å². The minimum absolute atomic E-state index is 0.316. The van der Waals surface area contributed by atoms with E-state index in [-0.39, 0.29) is 0 Å². The van der Waals surface area contributed by atoms with Gasteiger partial charge in [-0.1, -0.05) is 12.1 Å². The Balaban J connectivity index is 1.50. The molecule has 1 atom stereocenters. The molecule has 0 radical (unpaired) electrons. The molecule has 0 spiro atoms. The van der Waals surface area contributed by atoms with Gasteiger partial charge in [-0.05, 0) is 70.6 Å². The lowest BCUT2D eigenvalue weighted by molar-refractivity contribution is 0.0675. The minimum atomic E-state index is -0.395. The van der Waals surface area contributed by atoms with Gasteiger partial charge >= 0.3 is 0 Å². The predicted octanol–water partition coefficient (Wildman–Crippen LogP) is 4.29. The summed E-state index contributed by atoms with van der Waals surface area (Å²) in [6.45, 7) is 10.2. The summed E-state index contributed by atoms with van der Waals surface area (Å²) in [6, 6.07) is 11.3. The zero-order valence-electron chi connectivity index (χ0n) is 16.5. The van der Waals surface area contributed by atoms with Crippen LogP contribution in [0.1, 0.15) is 58.4 Å². The summed E-state index contributed by atoms with van der Waals surface area (Å²) < 4.78 is 11.4. The molecule has 0 unspecified atom stereocenters. The molecule has 0 N–H and O–H groups in total. The number of likely N-dealkylation sites (tertiary alicyclic amines) is 1. The summed E-state index contributed by atoms with van der Waals surface area (Å²) in [5.41, 5.74) is 1.01. The van der Waals surface area contributed by atoms with Gasteiger partial charge in [0.25, 0.3) is 0 Å². The average Bonchev–Trinajstić information content (AvgIpc) is 2.92. The van der Waals surface area contributed by atoms with Crippen LogP contribution in [0.4, 0.5) is 0 Å². The van der Waals surface area contributed by atoms with Crippen LogP contribution in [0.15, 0.2) is 24.3 Å². The molecule has 0 amide bonds. The summed E-state index contributed by atoms with van der Waals surface area (Å²) in [6.07, 6.45) is 5.15. The zero-order chi connectivity index (χ0) is 18.6. The lowest BCUT2D eigenvalue weighted by Crippen LogP contribution is -2.42. The predicted molar refractivity (Wildman–Crippen MR) is 103 cm³/mol. The fourth-order valence-electron chi connectivity index (χ4n) is 4.46. The fraction of sp³-hybridized carbons (Fsp3) is 0.682. The van der Waals surface area contributed by atoms with Crippen molar-refractivity contribution in [1.82, 2.24) is 4.90 Å².